The van der Waals surface area contributed by atoms with Crippen LogP contribution in [0.4, 0.5) is 0 Å². The molecule has 2 aromatic carbocycles. The lowest BCUT2D eigenvalue weighted by Crippen LogP contribution is -2.15. The number of aromatic nitrogens is 2. The highest BCUT2D eigenvalue weighted by Gasteiger charge is 2.18. The number of methoxy groups -OCH3 is 1. The van der Waals surface area contributed by atoms with Gasteiger partial charge in [-0.3, -0.25) is 0 Å². The van der Waals surface area contributed by atoms with Crippen LogP contribution in [0, 0.1) is 6.92 Å². The Kier molecular flexibility index (Phi) is 5.99. The van der Waals surface area contributed by atoms with Crippen LogP contribution < -0.4 is 14.2 Å². The van der Waals surface area contributed by atoms with E-state index in [0.29, 0.717) is 42.8 Å². The van der Waals surface area contributed by atoms with Gasteiger partial charge >= 0.3 is 0 Å². The van der Waals surface area contributed by atoms with Crippen molar-refractivity contribution in [3.05, 3.63) is 59.8 Å². The number of aromatic hydroxyl groups is 1. The molecule has 1 fully saturated rings. The highest BCUT2D eigenvalue weighted by Crippen LogP contribution is 2.30. The average Bonchev–Trinajstić information content (AvgIpc) is 3.26. The Labute approximate surface area is 175 Å². The van der Waals surface area contributed by atoms with Gasteiger partial charge in [0.15, 0.2) is 5.82 Å². The maximum atomic E-state index is 10.1. The van der Waals surface area contributed by atoms with Crippen LogP contribution in [0.5, 0.6) is 23.1 Å². The number of phenolic OH excluding ortho intramolecular Hbond substituents is 1. The molecule has 2 heterocycles. The minimum atomic E-state index is -0.0121. The summed E-state index contributed by atoms with van der Waals surface area (Å²) in [4.78, 5) is 8.96. The fourth-order valence-electron chi connectivity index (χ4n) is 3.16. The topological polar surface area (TPSA) is 82.9 Å². The predicted molar refractivity (Wildman–Crippen MR) is 111 cm³/mol. The molecule has 0 radical (unpaired) electrons. The van der Waals surface area contributed by atoms with E-state index in [1.165, 1.54) is 0 Å². The standard InChI is InChI=1S/C23H24N2O5/c1-15-12-24-22(25-23(15)29-13-16-3-5-19(27-2)6-4-16)17-9-18(26)11-21(10-17)30-20-7-8-28-14-20/h3-6,9-12,20,26H,7-8,13-14H2,1-2H3. The molecule has 7 nitrogen and oxygen atoms in total. The van der Waals surface area contributed by atoms with Crippen LogP contribution in [0.25, 0.3) is 11.4 Å². The number of ether oxygens (including phenoxy) is 4. The van der Waals surface area contributed by atoms with E-state index < -0.39 is 0 Å². The van der Waals surface area contributed by atoms with Gasteiger partial charge in [0.25, 0.3) is 0 Å². The normalized spacial score (nSPS) is 15.7. The monoisotopic (exact) mass is 408 g/mol. The van der Waals surface area contributed by atoms with E-state index in [1.54, 1.807) is 25.4 Å². The number of hydrogen-bond donors (Lipinski definition) is 1. The molecule has 0 aliphatic carbocycles. The van der Waals surface area contributed by atoms with Gasteiger partial charge in [-0.05, 0) is 36.8 Å². The van der Waals surface area contributed by atoms with Crippen molar-refractivity contribution in [3.63, 3.8) is 0 Å². The van der Waals surface area contributed by atoms with Crippen molar-refractivity contribution in [2.75, 3.05) is 20.3 Å². The Hall–Kier alpha value is -3.32. The summed E-state index contributed by atoms with van der Waals surface area (Å²) in [6, 6.07) is 12.7. The first kappa shape index (κ1) is 20.0. The van der Waals surface area contributed by atoms with Gasteiger partial charge in [-0.15, -0.1) is 0 Å². The van der Waals surface area contributed by atoms with E-state index in [-0.39, 0.29) is 11.9 Å². The van der Waals surface area contributed by atoms with Gasteiger partial charge in [-0.1, -0.05) is 12.1 Å². The lowest BCUT2D eigenvalue weighted by atomic mass is 10.1. The summed E-state index contributed by atoms with van der Waals surface area (Å²) in [6.07, 6.45) is 2.53. The third-order valence-electron chi connectivity index (χ3n) is 4.80. The second-order valence-corrected chi connectivity index (χ2v) is 7.14. The van der Waals surface area contributed by atoms with Crippen molar-refractivity contribution in [1.29, 1.82) is 0 Å². The average molecular weight is 408 g/mol. The minimum absolute atomic E-state index is 0.0121. The van der Waals surface area contributed by atoms with Gasteiger partial charge < -0.3 is 24.1 Å². The number of benzene rings is 2. The fraction of sp³-hybridized carbons (Fsp3) is 0.304. The van der Waals surface area contributed by atoms with E-state index in [2.05, 4.69) is 9.97 Å². The van der Waals surface area contributed by atoms with Crippen LogP contribution >= 0.6 is 0 Å². The summed E-state index contributed by atoms with van der Waals surface area (Å²) in [6.45, 7) is 3.50. The van der Waals surface area contributed by atoms with Gasteiger partial charge in [0, 0.05) is 29.8 Å². The molecule has 156 valence electrons. The highest BCUT2D eigenvalue weighted by molar-refractivity contribution is 5.61. The lowest BCUT2D eigenvalue weighted by molar-refractivity contribution is 0.141. The van der Waals surface area contributed by atoms with Crippen LogP contribution in [0.2, 0.25) is 0 Å². The van der Waals surface area contributed by atoms with Gasteiger partial charge in [-0.2, -0.15) is 4.98 Å². The fourth-order valence-corrected chi connectivity index (χ4v) is 3.16. The van der Waals surface area contributed by atoms with Crippen LogP contribution in [-0.2, 0) is 11.3 Å². The first-order valence-corrected chi connectivity index (χ1v) is 9.79. The molecule has 1 aliphatic rings. The molecule has 7 heteroatoms. The molecule has 4 rings (SSSR count). The Morgan fingerprint density at radius 3 is 2.70 bits per heavy atom. The molecular formula is C23H24N2O5. The first-order chi connectivity index (χ1) is 14.6. The zero-order valence-corrected chi connectivity index (χ0v) is 17.0. The SMILES string of the molecule is COc1ccc(COc2nc(-c3cc(O)cc(OC4CCOC4)c3)ncc2C)cc1. The molecule has 1 atom stereocenters. The van der Waals surface area contributed by atoms with Crippen molar-refractivity contribution < 1.29 is 24.1 Å². The molecule has 0 spiro atoms. The van der Waals surface area contributed by atoms with Gasteiger partial charge in [0.2, 0.25) is 5.88 Å². The van der Waals surface area contributed by atoms with Crippen molar-refractivity contribution in [2.45, 2.75) is 26.1 Å². The third-order valence-corrected chi connectivity index (χ3v) is 4.80. The number of nitrogens with zero attached hydrogens (tertiary/aromatic N) is 2. The van der Waals surface area contributed by atoms with Crippen molar-refractivity contribution >= 4 is 0 Å². The van der Waals surface area contributed by atoms with Crippen molar-refractivity contribution in [2.24, 2.45) is 0 Å². The molecule has 1 saturated heterocycles. The van der Waals surface area contributed by atoms with Crippen LogP contribution in [0.1, 0.15) is 17.5 Å². The zero-order chi connectivity index (χ0) is 20.9. The molecule has 1 unspecified atom stereocenters. The highest BCUT2D eigenvalue weighted by atomic mass is 16.5. The van der Waals surface area contributed by atoms with E-state index in [4.69, 9.17) is 18.9 Å². The number of hydrogen-bond acceptors (Lipinski definition) is 7. The third kappa shape index (κ3) is 4.80. The van der Waals surface area contributed by atoms with Crippen LogP contribution in [-0.4, -0.2) is 41.5 Å². The predicted octanol–water partition coefficient (Wildman–Crippen LogP) is 3.91. The minimum Gasteiger partial charge on any atom is -0.508 e. The Balaban J connectivity index is 1.52. The second-order valence-electron chi connectivity index (χ2n) is 7.14. The van der Waals surface area contributed by atoms with Crippen molar-refractivity contribution in [1.82, 2.24) is 9.97 Å². The lowest BCUT2D eigenvalue weighted by Gasteiger charge is -2.14. The summed E-state index contributed by atoms with van der Waals surface area (Å²) in [5.41, 5.74) is 2.48. The Morgan fingerprint density at radius 1 is 1.13 bits per heavy atom. The van der Waals surface area contributed by atoms with Crippen molar-refractivity contribution in [3.8, 4) is 34.5 Å². The summed E-state index contributed by atoms with van der Waals surface area (Å²) < 4.78 is 22.4. The molecular weight excluding hydrogens is 384 g/mol. The largest absolute Gasteiger partial charge is 0.508 e. The molecule has 30 heavy (non-hydrogen) atoms. The molecule has 3 aromatic rings. The second kappa shape index (κ2) is 9.00. The summed E-state index contributed by atoms with van der Waals surface area (Å²) >= 11 is 0. The van der Waals surface area contributed by atoms with Gasteiger partial charge in [-0.25, -0.2) is 4.98 Å². The summed E-state index contributed by atoms with van der Waals surface area (Å²) in [5, 5.41) is 10.1. The Morgan fingerprint density at radius 2 is 1.97 bits per heavy atom. The quantitative estimate of drug-likeness (QED) is 0.634. The molecule has 0 bridgehead atoms. The van der Waals surface area contributed by atoms with E-state index >= 15 is 0 Å². The molecule has 0 saturated carbocycles. The summed E-state index contributed by atoms with van der Waals surface area (Å²) in [5.74, 6) is 2.39. The number of phenols is 1. The maximum Gasteiger partial charge on any atom is 0.220 e. The van der Waals surface area contributed by atoms with Crippen LogP contribution in [0.15, 0.2) is 48.7 Å². The van der Waals surface area contributed by atoms with E-state index in [0.717, 1.165) is 23.3 Å². The number of aryl methyl sites for hydroxylation is 1. The smallest absolute Gasteiger partial charge is 0.220 e. The van der Waals surface area contributed by atoms with E-state index in [1.807, 2.05) is 37.3 Å². The zero-order valence-electron chi connectivity index (χ0n) is 17.0. The van der Waals surface area contributed by atoms with Gasteiger partial charge in [0.1, 0.15) is 30.0 Å². The molecule has 0 amide bonds. The summed E-state index contributed by atoms with van der Waals surface area (Å²) in [7, 11) is 1.64. The Bertz CT molecular complexity index is 1000. The van der Waals surface area contributed by atoms with Crippen LogP contribution in [0.3, 0.4) is 0 Å². The molecule has 1 aromatic heterocycles. The number of rotatable bonds is 7. The maximum absolute atomic E-state index is 10.1. The molecule has 1 aliphatic heterocycles. The van der Waals surface area contributed by atoms with E-state index in [9.17, 15) is 5.11 Å². The molecule has 1 N–H and O–H groups in total. The first-order valence-electron chi connectivity index (χ1n) is 9.79. The van der Waals surface area contributed by atoms with Gasteiger partial charge in [0.05, 0.1) is 20.3 Å².